The monoisotopic (exact) mass is 374 g/mol. The summed E-state index contributed by atoms with van der Waals surface area (Å²) in [5.74, 6) is -0.0292. The van der Waals surface area contributed by atoms with Gasteiger partial charge < -0.3 is 10.1 Å². The van der Waals surface area contributed by atoms with Crippen LogP contribution in [0.4, 0.5) is 0 Å². The summed E-state index contributed by atoms with van der Waals surface area (Å²) in [5, 5.41) is 5.62. The van der Waals surface area contributed by atoms with Crippen LogP contribution in [0.5, 0.6) is 0 Å². The molecule has 1 heterocycles. The Labute approximate surface area is 166 Å². The van der Waals surface area contributed by atoms with E-state index in [9.17, 15) is 4.79 Å². The van der Waals surface area contributed by atoms with E-state index in [4.69, 9.17) is 4.74 Å². The molecule has 144 valence electrons. The third kappa shape index (κ3) is 4.08. The summed E-state index contributed by atoms with van der Waals surface area (Å²) >= 11 is 0. The van der Waals surface area contributed by atoms with Gasteiger partial charge in [-0.05, 0) is 35.4 Å². The molecule has 28 heavy (non-hydrogen) atoms. The first-order chi connectivity index (χ1) is 13.7. The number of rotatable bonds is 5. The smallest absolute Gasteiger partial charge is 0.251 e. The number of ether oxygens (including phenoxy) is 1. The lowest BCUT2D eigenvalue weighted by molar-refractivity contribution is 0.0165. The molecule has 4 nitrogen and oxygen atoms in total. The first-order valence-corrected chi connectivity index (χ1v) is 9.87. The highest BCUT2D eigenvalue weighted by molar-refractivity contribution is 5.94. The summed E-state index contributed by atoms with van der Waals surface area (Å²) in [6.07, 6.45) is 0. The Morgan fingerprint density at radius 3 is 2.50 bits per heavy atom. The van der Waals surface area contributed by atoms with Gasteiger partial charge >= 0.3 is 0 Å². The zero-order chi connectivity index (χ0) is 19.3. The number of aryl methyl sites for hydroxylation is 1. The van der Waals surface area contributed by atoms with E-state index in [1.807, 2.05) is 31.2 Å². The van der Waals surface area contributed by atoms with Gasteiger partial charge in [0.15, 0.2) is 0 Å². The van der Waals surface area contributed by atoms with Gasteiger partial charge in [-0.2, -0.15) is 0 Å². The third-order valence-corrected chi connectivity index (χ3v) is 5.44. The predicted octanol–water partition coefficient (Wildman–Crippen LogP) is 3.95. The van der Waals surface area contributed by atoms with E-state index in [2.05, 4.69) is 52.7 Å². The molecule has 1 N–H and O–H groups in total. The molecule has 0 unspecified atom stereocenters. The quantitative estimate of drug-likeness (QED) is 0.735. The van der Waals surface area contributed by atoms with E-state index < -0.39 is 0 Å². The summed E-state index contributed by atoms with van der Waals surface area (Å²) in [7, 11) is 0. The number of carbonyl (C=O) groups is 1. The summed E-state index contributed by atoms with van der Waals surface area (Å²) < 4.78 is 5.55. The normalized spacial score (nSPS) is 16.0. The molecule has 0 aliphatic carbocycles. The number of morpholine rings is 1. The lowest BCUT2D eigenvalue weighted by atomic mass is 9.97. The average Bonchev–Trinajstić information content (AvgIpc) is 2.75. The highest BCUT2D eigenvalue weighted by Crippen LogP contribution is 2.28. The summed E-state index contributed by atoms with van der Waals surface area (Å²) in [6.45, 7) is 5.79. The third-order valence-electron chi connectivity index (χ3n) is 5.44. The zero-order valence-electron chi connectivity index (χ0n) is 16.2. The average molecular weight is 374 g/mol. The van der Waals surface area contributed by atoms with Crippen LogP contribution in [0.1, 0.15) is 27.5 Å². The van der Waals surface area contributed by atoms with Gasteiger partial charge in [-0.15, -0.1) is 0 Å². The maximum atomic E-state index is 12.7. The minimum Gasteiger partial charge on any atom is -0.379 e. The molecule has 0 saturated carbocycles. The largest absolute Gasteiger partial charge is 0.379 e. The molecule has 4 heteroatoms. The topological polar surface area (TPSA) is 41.6 Å². The van der Waals surface area contributed by atoms with Crippen LogP contribution in [0.15, 0.2) is 66.7 Å². The second-order valence-electron chi connectivity index (χ2n) is 7.31. The number of benzene rings is 3. The van der Waals surface area contributed by atoms with Crippen LogP contribution in [0.2, 0.25) is 0 Å². The molecule has 1 aliphatic rings. The van der Waals surface area contributed by atoms with Crippen LogP contribution in [0.3, 0.4) is 0 Å². The van der Waals surface area contributed by atoms with Crippen molar-refractivity contribution in [3.63, 3.8) is 0 Å². The van der Waals surface area contributed by atoms with Gasteiger partial charge in [0.05, 0.1) is 19.3 Å². The zero-order valence-corrected chi connectivity index (χ0v) is 16.2. The van der Waals surface area contributed by atoms with Crippen molar-refractivity contribution in [2.24, 2.45) is 0 Å². The maximum Gasteiger partial charge on any atom is 0.251 e. The van der Waals surface area contributed by atoms with Gasteiger partial charge in [0.2, 0.25) is 0 Å². The SMILES string of the molecule is Cc1ccc(C(=O)NC[C@H](c2cccc3ccccc23)N2CCOCC2)cc1. The minimum atomic E-state index is -0.0292. The molecule has 1 aliphatic heterocycles. The van der Waals surface area contributed by atoms with Crippen LogP contribution in [0, 0.1) is 6.92 Å². The van der Waals surface area contributed by atoms with Crippen LogP contribution in [-0.2, 0) is 4.74 Å². The van der Waals surface area contributed by atoms with Gasteiger partial charge in [-0.1, -0.05) is 60.2 Å². The number of nitrogens with one attached hydrogen (secondary N) is 1. The van der Waals surface area contributed by atoms with Crippen molar-refractivity contribution < 1.29 is 9.53 Å². The van der Waals surface area contributed by atoms with Crippen molar-refractivity contribution >= 4 is 16.7 Å². The fraction of sp³-hybridized carbons (Fsp3) is 0.292. The molecule has 4 rings (SSSR count). The van der Waals surface area contributed by atoms with E-state index in [0.717, 1.165) is 31.9 Å². The van der Waals surface area contributed by atoms with E-state index in [-0.39, 0.29) is 11.9 Å². The predicted molar refractivity (Wildman–Crippen MR) is 113 cm³/mol. The van der Waals surface area contributed by atoms with Crippen LogP contribution >= 0.6 is 0 Å². The number of hydrogen-bond acceptors (Lipinski definition) is 3. The first kappa shape index (κ1) is 18.7. The van der Waals surface area contributed by atoms with Crippen LogP contribution in [0.25, 0.3) is 10.8 Å². The Hall–Kier alpha value is -2.69. The Balaban J connectivity index is 1.60. The Morgan fingerprint density at radius 1 is 1.00 bits per heavy atom. The van der Waals surface area contributed by atoms with Crippen molar-refractivity contribution in [3.05, 3.63) is 83.4 Å². The van der Waals surface area contributed by atoms with Gasteiger partial charge in [0.25, 0.3) is 5.91 Å². The number of fused-ring (bicyclic) bond motifs is 1. The molecule has 0 spiro atoms. The fourth-order valence-corrected chi connectivity index (χ4v) is 3.86. The number of carbonyl (C=O) groups excluding carboxylic acids is 1. The second-order valence-corrected chi connectivity index (χ2v) is 7.31. The highest BCUT2D eigenvalue weighted by atomic mass is 16.5. The molecule has 1 atom stereocenters. The fourth-order valence-electron chi connectivity index (χ4n) is 3.86. The van der Waals surface area contributed by atoms with E-state index >= 15 is 0 Å². The van der Waals surface area contributed by atoms with Crippen molar-refractivity contribution in [1.82, 2.24) is 10.2 Å². The van der Waals surface area contributed by atoms with Gasteiger partial charge in [0.1, 0.15) is 0 Å². The lowest BCUT2D eigenvalue weighted by Crippen LogP contribution is -2.43. The number of hydrogen-bond donors (Lipinski definition) is 1. The van der Waals surface area contributed by atoms with Crippen molar-refractivity contribution in [3.8, 4) is 0 Å². The molecule has 0 bridgehead atoms. The molecule has 0 radical (unpaired) electrons. The van der Waals surface area contributed by atoms with Crippen LogP contribution in [-0.4, -0.2) is 43.7 Å². The van der Waals surface area contributed by atoms with E-state index in [0.29, 0.717) is 12.1 Å². The Kier molecular flexibility index (Phi) is 5.70. The summed E-state index contributed by atoms with van der Waals surface area (Å²) in [6, 6.07) is 22.7. The summed E-state index contributed by atoms with van der Waals surface area (Å²) in [5.41, 5.74) is 3.10. The van der Waals surface area contributed by atoms with E-state index in [1.54, 1.807) is 0 Å². The summed E-state index contributed by atoms with van der Waals surface area (Å²) in [4.78, 5) is 15.1. The molecule has 0 aromatic heterocycles. The Morgan fingerprint density at radius 2 is 1.71 bits per heavy atom. The molecular weight excluding hydrogens is 348 g/mol. The molecular formula is C24H26N2O2. The van der Waals surface area contributed by atoms with Crippen molar-refractivity contribution in [2.75, 3.05) is 32.8 Å². The molecule has 1 fully saturated rings. The highest BCUT2D eigenvalue weighted by Gasteiger charge is 2.24. The maximum absolute atomic E-state index is 12.7. The van der Waals surface area contributed by atoms with Crippen molar-refractivity contribution in [1.29, 1.82) is 0 Å². The van der Waals surface area contributed by atoms with Crippen molar-refractivity contribution in [2.45, 2.75) is 13.0 Å². The number of nitrogens with zero attached hydrogens (tertiary/aromatic N) is 1. The van der Waals surface area contributed by atoms with Gasteiger partial charge in [-0.3, -0.25) is 9.69 Å². The Bertz CT molecular complexity index is 941. The van der Waals surface area contributed by atoms with Gasteiger partial charge in [0, 0.05) is 25.2 Å². The molecule has 3 aromatic rings. The lowest BCUT2D eigenvalue weighted by Gasteiger charge is -2.35. The first-order valence-electron chi connectivity index (χ1n) is 9.87. The standard InChI is InChI=1S/C24H26N2O2/c1-18-9-11-20(12-10-18)24(27)25-17-23(26-13-15-28-16-14-26)22-8-4-6-19-5-2-3-7-21(19)22/h2-12,23H,13-17H2,1H3,(H,25,27)/t23-/m1/s1. The second kappa shape index (κ2) is 8.55. The van der Waals surface area contributed by atoms with Crippen LogP contribution < -0.4 is 5.32 Å². The molecule has 1 saturated heterocycles. The molecule has 1 amide bonds. The number of amides is 1. The molecule has 3 aromatic carbocycles. The minimum absolute atomic E-state index is 0.0292. The van der Waals surface area contributed by atoms with Gasteiger partial charge in [-0.25, -0.2) is 0 Å². The van der Waals surface area contributed by atoms with E-state index in [1.165, 1.54) is 16.3 Å².